The monoisotopic (exact) mass is 280 g/mol. The Morgan fingerprint density at radius 1 is 1.53 bits per heavy atom. The van der Waals surface area contributed by atoms with E-state index in [-0.39, 0.29) is 11.9 Å². The van der Waals surface area contributed by atoms with Crippen molar-refractivity contribution in [2.45, 2.75) is 44.7 Å². The van der Waals surface area contributed by atoms with Crippen LogP contribution in [0.25, 0.3) is 0 Å². The zero-order valence-corrected chi connectivity index (χ0v) is 12.2. The Bertz CT molecular complexity index is 511. The molecule has 104 valence electrons. The maximum Gasteiger partial charge on any atom is 0.245 e. The third kappa shape index (κ3) is 2.03. The lowest BCUT2D eigenvalue weighted by molar-refractivity contribution is -0.126. The molecule has 1 fully saturated rings. The van der Waals surface area contributed by atoms with E-state index in [1.807, 2.05) is 13.8 Å². The second-order valence-corrected chi connectivity index (χ2v) is 6.83. The fraction of sp³-hybridized carbons (Fsp3) is 0.692. The molecular formula is C13H20N4OS. The summed E-state index contributed by atoms with van der Waals surface area (Å²) in [6.07, 6.45) is 3.22. The molecule has 0 radical (unpaired) electrons. The number of amides is 1. The number of piperazine rings is 1. The van der Waals surface area contributed by atoms with Gasteiger partial charge in [-0.05, 0) is 33.1 Å². The van der Waals surface area contributed by atoms with Crippen molar-refractivity contribution in [1.82, 2.24) is 10.3 Å². The number of anilines is 1. The number of fused-ring (bicyclic) bond motifs is 1. The van der Waals surface area contributed by atoms with E-state index >= 15 is 0 Å². The molecular weight excluding hydrogens is 260 g/mol. The van der Waals surface area contributed by atoms with Gasteiger partial charge in [-0.3, -0.25) is 4.79 Å². The van der Waals surface area contributed by atoms with Crippen molar-refractivity contribution < 1.29 is 4.79 Å². The smallest absolute Gasteiger partial charge is 0.245 e. The van der Waals surface area contributed by atoms with Gasteiger partial charge in [0.25, 0.3) is 0 Å². The summed E-state index contributed by atoms with van der Waals surface area (Å²) in [4.78, 5) is 20.1. The highest BCUT2D eigenvalue weighted by Crippen LogP contribution is 2.38. The van der Waals surface area contributed by atoms with E-state index in [0.717, 1.165) is 36.6 Å². The summed E-state index contributed by atoms with van der Waals surface area (Å²) in [6.45, 7) is 5.38. The van der Waals surface area contributed by atoms with Gasteiger partial charge in [0, 0.05) is 24.0 Å². The quantitative estimate of drug-likeness (QED) is 0.811. The second-order valence-electron chi connectivity index (χ2n) is 5.77. The fourth-order valence-corrected chi connectivity index (χ4v) is 4.13. The van der Waals surface area contributed by atoms with Crippen molar-refractivity contribution >= 4 is 22.4 Å². The molecule has 1 aromatic rings. The van der Waals surface area contributed by atoms with Gasteiger partial charge in [-0.15, -0.1) is 11.3 Å². The molecule has 0 saturated carbocycles. The maximum atomic E-state index is 12.0. The standard InChI is InChI=1S/C13H20N4OS/c1-13(2)11(18)15-6-7-17(13)12-16-10-8(14)4-3-5-9(10)19-12/h8H,3-7,14H2,1-2H3,(H,15,18). The van der Waals surface area contributed by atoms with Crippen molar-refractivity contribution in [3.8, 4) is 0 Å². The van der Waals surface area contributed by atoms with E-state index in [4.69, 9.17) is 10.7 Å². The van der Waals surface area contributed by atoms with Crippen LogP contribution >= 0.6 is 11.3 Å². The van der Waals surface area contributed by atoms with E-state index in [0.29, 0.717) is 6.54 Å². The topological polar surface area (TPSA) is 71.2 Å². The van der Waals surface area contributed by atoms with E-state index in [1.165, 1.54) is 4.88 Å². The molecule has 1 aliphatic heterocycles. The summed E-state index contributed by atoms with van der Waals surface area (Å²) in [6, 6.07) is 0.0653. The van der Waals surface area contributed by atoms with Crippen LogP contribution in [0.3, 0.4) is 0 Å². The molecule has 5 nitrogen and oxygen atoms in total. The van der Waals surface area contributed by atoms with E-state index in [2.05, 4.69) is 10.2 Å². The summed E-state index contributed by atoms with van der Waals surface area (Å²) < 4.78 is 0. The lowest BCUT2D eigenvalue weighted by Crippen LogP contribution is -2.62. The van der Waals surface area contributed by atoms with E-state index in [9.17, 15) is 4.79 Å². The first-order valence-corrected chi connectivity index (χ1v) is 7.63. The van der Waals surface area contributed by atoms with Gasteiger partial charge in [-0.25, -0.2) is 4.98 Å². The fourth-order valence-electron chi connectivity index (χ4n) is 2.79. The van der Waals surface area contributed by atoms with Crippen LogP contribution in [-0.4, -0.2) is 29.5 Å². The number of rotatable bonds is 1. The minimum atomic E-state index is -0.539. The number of aryl methyl sites for hydroxylation is 1. The predicted molar refractivity (Wildman–Crippen MR) is 76.4 cm³/mol. The van der Waals surface area contributed by atoms with Crippen LogP contribution in [0.1, 0.15) is 43.3 Å². The molecule has 1 aliphatic carbocycles. The first-order valence-electron chi connectivity index (χ1n) is 6.81. The molecule has 2 heterocycles. The first kappa shape index (κ1) is 12.9. The van der Waals surface area contributed by atoms with Crippen LogP contribution in [0.15, 0.2) is 0 Å². The minimum absolute atomic E-state index is 0.0653. The lowest BCUT2D eigenvalue weighted by atomic mass is 9.98. The Morgan fingerprint density at radius 2 is 2.32 bits per heavy atom. The van der Waals surface area contributed by atoms with Crippen molar-refractivity contribution in [2.75, 3.05) is 18.0 Å². The normalized spacial score (nSPS) is 25.9. The number of nitrogens with two attached hydrogens (primary N) is 1. The second kappa shape index (κ2) is 4.45. The number of nitrogens with zero attached hydrogens (tertiary/aromatic N) is 2. The Hall–Kier alpha value is -1.14. The summed E-state index contributed by atoms with van der Waals surface area (Å²) in [5.74, 6) is 0.0659. The molecule has 6 heteroatoms. The number of thiazole rings is 1. The summed E-state index contributed by atoms with van der Waals surface area (Å²) in [7, 11) is 0. The van der Waals surface area contributed by atoms with Crippen LogP contribution in [-0.2, 0) is 11.2 Å². The Morgan fingerprint density at radius 3 is 3.05 bits per heavy atom. The third-order valence-corrected chi connectivity index (χ3v) is 5.22. The highest BCUT2D eigenvalue weighted by Gasteiger charge is 2.39. The van der Waals surface area contributed by atoms with Crippen molar-refractivity contribution in [3.63, 3.8) is 0 Å². The van der Waals surface area contributed by atoms with Gasteiger partial charge in [0.15, 0.2) is 5.13 Å². The van der Waals surface area contributed by atoms with Gasteiger partial charge < -0.3 is 16.0 Å². The summed E-state index contributed by atoms with van der Waals surface area (Å²) >= 11 is 1.70. The Labute approximate surface area is 117 Å². The molecule has 0 bridgehead atoms. The summed E-state index contributed by atoms with van der Waals surface area (Å²) in [5.41, 5.74) is 6.64. The number of hydrogen-bond donors (Lipinski definition) is 2. The van der Waals surface area contributed by atoms with Gasteiger partial charge in [0.2, 0.25) is 5.91 Å². The van der Waals surface area contributed by atoms with E-state index < -0.39 is 5.54 Å². The molecule has 3 N–H and O–H groups in total. The molecule has 1 aromatic heterocycles. The molecule has 19 heavy (non-hydrogen) atoms. The van der Waals surface area contributed by atoms with Crippen molar-refractivity contribution in [3.05, 3.63) is 10.6 Å². The van der Waals surface area contributed by atoms with Crippen LogP contribution in [0.4, 0.5) is 5.13 Å². The first-order chi connectivity index (χ1) is 9.00. The van der Waals surface area contributed by atoms with Crippen LogP contribution < -0.4 is 16.0 Å². The van der Waals surface area contributed by atoms with Gasteiger partial charge in [0.05, 0.1) is 5.69 Å². The number of nitrogens with one attached hydrogen (secondary N) is 1. The van der Waals surface area contributed by atoms with Gasteiger partial charge in [-0.2, -0.15) is 0 Å². The number of aromatic nitrogens is 1. The van der Waals surface area contributed by atoms with Crippen molar-refractivity contribution in [2.24, 2.45) is 5.73 Å². The molecule has 2 aliphatic rings. The maximum absolute atomic E-state index is 12.0. The zero-order chi connectivity index (χ0) is 13.6. The van der Waals surface area contributed by atoms with Crippen LogP contribution in [0.5, 0.6) is 0 Å². The summed E-state index contributed by atoms with van der Waals surface area (Å²) in [5, 5.41) is 3.86. The van der Waals surface area contributed by atoms with Gasteiger partial charge >= 0.3 is 0 Å². The highest BCUT2D eigenvalue weighted by molar-refractivity contribution is 7.15. The SMILES string of the molecule is CC1(C)C(=O)NCCN1c1nc2c(s1)CCCC2N. The largest absolute Gasteiger partial charge is 0.352 e. The zero-order valence-electron chi connectivity index (χ0n) is 11.4. The molecule has 1 amide bonds. The minimum Gasteiger partial charge on any atom is -0.352 e. The Kier molecular flexibility index (Phi) is 3.02. The lowest BCUT2D eigenvalue weighted by Gasteiger charge is -2.41. The molecule has 1 unspecified atom stereocenters. The predicted octanol–water partition coefficient (Wildman–Crippen LogP) is 1.19. The number of carbonyl (C=O) groups is 1. The Balaban J connectivity index is 1.96. The number of hydrogen-bond acceptors (Lipinski definition) is 5. The van der Waals surface area contributed by atoms with Crippen LogP contribution in [0.2, 0.25) is 0 Å². The van der Waals surface area contributed by atoms with Gasteiger partial charge in [-0.1, -0.05) is 0 Å². The molecule has 1 saturated heterocycles. The molecule has 0 aromatic carbocycles. The third-order valence-electron chi connectivity index (χ3n) is 4.07. The average molecular weight is 280 g/mol. The highest BCUT2D eigenvalue weighted by atomic mass is 32.1. The number of carbonyl (C=O) groups excluding carboxylic acids is 1. The van der Waals surface area contributed by atoms with Gasteiger partial charge in [0.1, 0.15) is 5.54 Å². The average Bonchev–Trinajstić information content (AvgIpc) is 2.77. The van der Waals surface area contributed by atoms with E-state index in [1.54, 1.807) is 11.3 Å². The molecule has 1 atom stereocenters. The molecule has 3 rings (SSSR count). The molecule has 0 spiro atoms. The van der Waals surface area contributed by atoms with Crippen LogP contribution in [0, 0.1) is 0 Å². The van der Waals surface area contributed by atoms with Crippen molar-refractivity contribution in [1.29, 1.82) is 0 Å².